The molecule has 1 aromatic rings. The van der Waals surface area contributed by atoms with Gasteiger partial charge in [0, 0.05) is 18.0 Å². The van der Waals surface area contributed by atoms with Crippen LogP contribution >= 0.6 is 27.7 Å². The molecule has 1 atom stereocenters. The van der Waals surface area contributed by atoms with Gasteiger partial charge in [-0.15, -0.1) is 0 Å². The van der Waals surface area contributed by atoms with Crippen LogP contribution in [0.4, 0.5) is 5.82 Å². The lowest BCUT2D eigenvalue weighted by Gasteiger charge is -2.22. The van der Waals surface area contributed by atoms with Gasteiger partial charge in [0.25, 0.3) is 0 Å². The average Bonchev–Trinajstić information content (AvgIpc) is 2.32. The second-order valence-electron chi connectivity index (χ2n) is 4.16. The molecule has 2 rings (SSSR count). The van der Waals surface area contributed by atoms with Crippen LogP contribution in [-0.2, 0) is 0 Å². The summed E-state index contributed by atoms with van der Waals surface area (Å²) in [5, 5.41) is 4.20. The number of pyridine rings is 1. The molecule has 0 bridgehead atoms. The summed E-state index contributed by atoms with van der Waals surface area (Å²) in [6, 6.07) is 2.02. The molecule has 1 saturated heterocycles. The molecule has 1 unspecified atom stereocenters. The highest BCUT2D eigenvalue weighted by atomic mass is 79.9. The van der Waals surface area contributed by atoms with E-state index in [1.165, 1.54) is 30.6 Å². The molecule has 0 saturated carbocycles. The molecule has 1 aliphatic rings. The first kappa shape index (κ1) is 12.2. The number of aromatic nitrogens is 1. The highest BCUT2D eigenvalue weighted by molar-refractivity contribution is 9.10. The lowest BCUT2D eigenvalue weighted by Crippen LogP contribution is -2.20. The van der Waals surface area contributed by atoms with Gasteiger partial charge >= 0.3 is 0 Å². The molecular formula is C12H17BrN2S. The van der Waals surface area contributed by atoms with Gasteiger partial charge in [0.05, 0.1) is 4.47 Å². The van der Waals surface area contributed by atoms with E-state index in [1.54, 1.807) is 0 Å². The van der Waals surface area contributed by atoms with Gasteiger partial charge in [-0.1, -0.05) is 6.42 Å². The van der Waals surface area contributed by atoms with Crippen molar-refractivity contribution in [3.05, 3.63) is 22.3 Å². The normalized spacial score (nSPS) is 20.8. The number of thioether (sulfide) groups is 1. The van der Waals surface area contributed by atoms with Crippen LogP contribution in [0.15, 0.2) is 16.7 Å². The van der Waals surface area contributed by atoms with Crippen LogP contribution in [0, 0.1) is 6.92 Å². The Balaban J connectivity index is 1.91. The van der Waals surface area contributed by atoms with Crippen LogP contribution in [0.3, 0.4) is 0 Å². The number of halogens is 1. The Bertz CT molecular complexity index is 351. The summed E-state index contributed by atoms with van der Waals surface area (Å²) in [5.41, 5.74) is 1.23. The van der Waals surface area contributed by atoms with Gasteiger partial charge in [0.1, 0.15) is 5.82 Å². The standard InChI is InChI=1S/C12H17BrN2S/c1-9-5-6-14-12(11(9)13)15-8-10-4-2-3-7-16-10/h5-6,10H,2-4,7-8H2,1H3,(H,14,15). The van der Waals surface area contributed by atoms with E-state index in [4.69, 9.17) is 0 Å². The molecule has 1 aliphatic heterocycles. The fraction of sp³-hybridized carbons (Fsp3) is 0.583. The lowest BCUT2D eigenvalue weighted by molar-refractivity contribution is 0.677. The number of aryl methyl sites for hydroxylation is 1. The smallest absolute Gasteiger partial charge is 0.140 e. The Labute approximate surface area is 110 Å². The maximum atomic E-state index is 4.36. The van der Waals surface area contributed by atoms with Crippen molar-refractivity contribution in [3.8, 4) is 0 Å². The maximum Gasteiger partial charge on any atom is 0.140 e. The van der Waals surface area contributed by atoms with Gasteiger partial charge in [0.15, 0.2) is 0 Å². The van der Waals surface area contributed by atoms with E-state index in [9.17, 15) is 0 Å². The summed E-state index contributed by atoms with van der Waals surface area (Å²) < 4.78 is 1.09. The zero-order chi connectivity index (χ0) is 11.4. The second kappa shape index (κ2) is 5.92. The van der Waals surface area contributed by atoms with Crippen LogP contribution in [0.2, 0.25) is 0 Å². The third-order valence-electron chi connectivity index (χ3n) is 2.85. The second-order valence-corrected chi connectivity index (χ2v) is 6.36. The van der Waals surface area contributed by atoms with Crippen molar-refractivity contribution in [2.75, 3.05) is 17.6 Å². The van der Waals surface area contributed by atoms with E-state index < -0.39 is 0 Å². The summed E-state index contributed by atoms with van der Waals surface area (Å²) in [4.78, 5) is 4.36. The van der Waals surface area contributed by atoms with Gasteiger partial charge in [-0.2, -0.15) is 11.8 Å². The van der Waals surface area contributed by atoms with E-state index in [2.05, 4.69) is 44.9 Å². The molecule has 1 N–H and O–H groups in total. The number of anilines is 1. The molecule has 4 heteroatoms. The number of rotatable bonds is 3. The summed E-state index contributed by atoms with van der Waals surface area (Å²) in [7, 11) is 0. The predicted octanol–water partition coefficient (Wildman–Crippen LogP) is 3.85. The van der Waals surface area contributed by atoms with Crippen molar-refractivity contribution in [2.24, 2.45) is 0 Å². The summed E-state index contributed by atoms with van der Waals surface area (Å²) >= 11 is 5.66. The lowest BCUT2D eigenvalue weighted by atomic mass is 10.2. The largest absolute Gasteiger partial charge is 0.368 e. The van der Waals surface area contributed by atoms with E-state index in [0.717, 1.165) is 22.1 Å². The molecule has 0 amide bonds. The fourth-order valence-corrected chi connectivity index (χ4v) is 3.46. The van der Waals surface area contributed by atoms with Gasteiger partial charge < -0.3 is 5.32 Å². The number of nitrogens with one attached hydrogen (secondary N) is 1. The van der Waals surface area contributed by atoms with E-state index in [0.29, 0.717) is 0 Å². The van der Waals surface area contributed by atoms with Crippen LogP contribution in [0.5, 0.6) is 0 Å². The minimum atomic E-state index is 0.753. The quantitative estimate of drug-likeness (QED) is 0.918. The highest BCUT2D eigenvalue weighted by Gasteiger charge is 2.14. The predicted molar refractivity (Wildman–Crippen MR) is 75.3 cm³/mol. The molecular weight excluding hydrogens is 284 g/mol. The third kappa shape index (κ3) is 3.14. The third-order valence-corrected chi connectivity index (χ3v) is 5.25. The van der Waals surface area contributed by atoms with Gasteiger partial charge in [-0.05, 0) is 53.1 Å². The monoisotopic (exact) mass is 300 g/mol. The Hall–Kier alpha value is -0.220. The summed E-state index contributed by atoms with van der Waals surface area (Å²) in [6.45, 7) is 3.12. The minimum Gasteiger partial charge on any atom is -0.368 e. The number of nitrogens with zero attached hydrogens (tertiary/aromatic N) is 1. The van der Waals surface area contributed by atoms with Crippen LogP contribution in [0.25, 0.3) is 0 Å². The Kier molecular flexibility index (Phi) is 4.53. The minimum absolute atomic E-state index is 0.753. The summed E-state index contributed by atoms with van der Waals surface area (Å²) in [6.07, 6.45) is 5.95. The first-order valence-corrected chi connectivity index (χ1v) is 7.58. The topological polar surface area (TPSA) is 24.9 Å². The zero-order valence-corrected chi connectivity index (χ0v) is 11.9. The molecule has 16 heavy (non-hydrogen) atoms. The van der Waals surface area contributed by atoms with Crippen LogP contribution in [-0.4, -0.2) is 22.5 Å². The molecule has 0 radical (unpaired) electrons. The molecule has 1 fully saturated rings. The average molecular weight is 301 g/mol. The van der Waals surface area contributed by atoms with Crippen molar-refractivity contribution in [3.63, 3.8) is 0 Å². The van der Waals surface area contributed by atoms with Crippen molar-refractivity contribution >= 4 is 33.5 Å². The number of hydrogen-bond acceptors (Lipinski definition) is 3. The Morgan fingerprint density at radius 2 is 2.44 bits per heavy atom. The van der Waals surface area contributed by atoms with Crippen LogP contribution < -0.4 is 5.32 Å². The number of hydrogen-bond donors (Lipinski definition) is 1. The van der Waals surface area contributed by atoms with Gasteiger partial charge in [-0.3, -0.25) is 0 Å². The Morgan fingerprint density at radius 3 is 3.19 bits per heavy atom. The molecule has 0 aliphatic carbocycles. The molecule has 2 nitrogen and oxygen atoms in total. The summed E-state index contributed by atoms with van der Waals surface area (Å²) in [5.74, 6) is 2.29. The van der Waals surface area contributed by atoms with Crippen molar-refractivity contribution in [1.29, 1.82) is 0 Å². The first-order chi connectivity index (χ1) is 7.77. The SMILES string of the molecule is Cc1ccnc(NCC2CCCCS2)c1Br. The molecule has 0 spiro atoms. The van der Waals surface area contributed by atoms with Crippen LogP contribution in [0.1, 0.15) is 24.8 Å². The van der Waals surface area contributed by atoms with Crippen molar-refractivity contribution in [1.82, 2.24) is 4.98 Å². The first-order valence-electron chi connectivity index (χ1n) is 5.74. The maximum absolute atomic E-state index is 4.36. The van der Waals surface area contributed by atoms with Crippen molar-refractivity contribution in [2.45, 2.75) is 31.4 Å². The molecule has 1 aromatic heterocycles. The fourth-order valence-electron chi connectivity index (χ4n) is 1.84. The molecule has 0 aromatic carbocycles. The highest BCUT2D eigenvalue weighted by Crippen LogP contribution is 2.27. The van der Waals surface area contributed by atoms with Gasteiger partial charge in [-0.25, -0.2) is 4.98 Å². The van der Waals surface area contributed by atoms with E-state index in [1.807, 2.05) is 12.3 Å². The molecule has 2 heterocycles. The van der Waals surface area contributed by atoms with E-state index >= 15 is 0 Å². The Morgan fingerprint density at radius 1 is 1.56 bits per heavy atom. The van der Waals surface area contributed by atoms with E-state index in [-0.39, 0.29) is 0 Å². The molecule has 88 valence electrons. The zero-order valence-electron chi connectivity index (χ0n) is 9.50. The van der Waals surface area contributed by atoms with Gasteiger partial charge in [0.2, 0.25) is 0 Å². The van der Waals surface area contributed by atoms with Crippen molar-refractivity contribution < 1.29 is 0 Å².